The van der Waals surface area contributed by atoms with Crippen LogP contribution in [0.4, 0.5) is 11.4 Å². The lowest BCUT2D eigenvalue weighted by molar-refractivity contribution is -0.140. The smallest absolute Gasteiger partial charge is 0.306 e. The predicted octanol–water partition coefficient (Wildman–Crippen LogP) is 0.744. The monoisotopic (exact) mass is 305 g/mol. The maximum atomic E-state index is 12.2. The highest BCUT2D eigenvalue weighted by atomic mass is 16.4. The number of carbonyl (C=O) groups excluding carboxylic acids is 2. The fraction of sp³-hybridized carbons (Fsp3) is 0.400. The number of amides is 1. The van der Waals surface area contributed by atoms with Gasteiger partial charge in [0.25, 0.3) is 0 Å². The second-order valence-corrected chi connectivity index (χ2v) is 5.58. The standard InChI is InChI=1S/C15H19N3O4/c1-15(7-14(21)22)12(19)5-3-9-2-4-10(6-11(9)18-15)17-13(20)8-16/h2,4,6,18H,3,5,7-8,16H2,1H3,(H,17,20)(H,21,22). The van der Waals surface area contributed by atoms with E-state index in [9.17, 15) is 14.4 Å². The molecule has 0 bridgehead atoms. The number of aryl methyl sites for hydroxylation is 1. The number of hydrogen-bond acceptors (Lipinski definition) is 5. The zero-order chi connectivity index (χ0) is 16.3. The minimum Gasteiger partial charge on any atom is -0.481 e. The molecular formula is C15H19N3O4. The van der Waals surface area contributed by atoms with Gasteiger partial charge in [-0.15, -0.1) is 0 Å². The van der Waals surface area contributed by atoms with Crippen molar-refractivity contribution in [1.29, 1.82) is 0 Å². The average Bonchev–Trinajstić information content (AvgIpc) is 2.55. The average molecular weight is 305 g/mol. The maximum absolute atomic E-state index is 12.2. The van der Waals surface area contributed by atoms with Gasteiger partial charge in [-0.3, -0.25) is 14.4 Å². The summed E-state index contributed by atoms with van der Waals surface area (Å²) in [5, 5.41) is 14.7. The lowest BCUT2D eigenvalue weighted by Gasteiger charge is -2.27. The first kappa shape index (κ1) is 16.0. The summed E-state index contributed by atoms with van der Waals surface area (Å²) in [5.74, 6) is -1.50. The van der Waals surface area contributed by atoms with Crippen molar-refractivity contribution in [2.75, 3.05) is 17.2 Å². The lowest BCUT2D eigenvalue weighted by atomic mass is 9.90. The van der Waals surface area contributed by atoms with Crippen molar-refractivity contribution in [2.24, 2.45) is 5.73 Å². The van der Waals surface area contributed by atoms with Crippen LogP contribution in [0.1, 0.15) is 25.3 Å². The number of carboxylic acid groups (broad SMARTS) is 1. The van der Waals surface area contributed by atoms with Crippen LogP contribution in [-0.4, -0.2) is 34.8 Å². The van der Waals surface area contributed by atoms with Crippen LogP contribution in [0, 0.1) is 0 Å². The van der Waals surface area contributed by atoms with E-state index in [1.165, 1.54) is 0 Å². The Kier molecular flexibility index (Phi) is 4.46. The molecule has 0 fully saturated rings. The molecule has 1 heterocycles. The molecule has 0 spiro atoms. The van der Waals surface area contributed by atoms with Crippen LogP contribution in [0.5, 0.6) is 0 Å². The van der Waals surface area contributed by atoms with Crippen LogP contribution < -0.4 is 16.4 Å². The normalized spacial score (nSPS) is 20.5. The van der Waals surface area contributed by atoms with E-state index in [2.05, 4.69) is 10.6 Å². The lowest BCUT2D eigenvalue weighted by Crippen LogP contribution is -2.44. The van der Waals surface area contributed by atoms with E-state index in [-0.39, 0.29) is 31.1 Å². The van der Waals surface area contributed by atoms with Gasteiger partial charge in [0.1, 0.15) is 5.54 Å². The fourth-order valence-corrected chi connectivity index (χ4v) is 2.54. The van der Waals surface area contributed by atoms with E-state index in [0.717, 1.165) is 5.56 Å². The predicted molar refractivity (Wildman–Crippen MR) is 81.7 cm³/mol. The molecule has 0 aromatic heterocycles. The summed E-state index contributed by atoms with van der Waals surface area (Å²) in [7, 11) is 0. The van der Waals surface area contributed by atoms with Gasteiger partial charge in [0, 0.05) is 17.8 Å². The molecule has 7 heteroatoms. The van der Waals surface area contributed by atoms with E-state index in [4.69, 9.17) is 10.8 Å². The minimum absolute atomic E-state index is 0.125. The molecule has 22 heavy (non-hydrogen) atoms. The molecule has 118 valence electrons. The maximum Gasteiger partial charge on any atom is 0.306 e. The zero-order valence-corrected chi connectivity index (χ0v) is 12.3. The number of carboxylic acids is 1. The molecule has 1 aliphatic rings. The number of fused-ring (bicyclic) bond motifs is 1. The highest BCUT2D eigenvalue weighted by molar-refractivity contribution is 5.97. The van der Waals surface area contributed by atoms with E-state index in [1.54, 1.807) is 19.1 Å². The molecule has 1 aliphatic heterocycles. The molecule has 0 saturated heterocycles. The quantitative estimate of drug-likeness (QED) is 0.651. The van der Waals surface area contributed by atoms with Gasteiger partial charge in [-0.05, 0) is 31.0 Å². The third-order valence-electron chi connectivity index (χ3n) is 3.73. The molecule has 1 atom stereocenters. The molecule has 2 rings (SSSR count). The van der Waals surface area contributed by atoms with Gasteiger partial charge in [-0.2, -0.15) is 0 Å². The summed E-state index contributed by atoms with van der Waals surface area (Å²) in [5.41, 5.74) is 6.22. The highest BCUT2D eigenvalue weighted by Gasteiger charge is 2.37. The summed E-state index contributed by atoms with van der Waals surface area (Å²) in [4.78, 5) is 34.6. The number of Topliss-reactive ketones (excluding diaryl/α,β-unsaturated/α-hetero) is 1. The van der Waals surface area contributed by atoms with Crippen molar-refractivity contribution in [3.05, 3.63) is 23.8 Å². The van der Waals surface area contributed by atoms with E-state index >= 15 is 0 Å². The van der Waals surface area contributed by atoms with Crippen molar-refractivity contribution in [3.63, 3.8) is 0 Å². The molecule has 1 aromatic rings. The van der Waals surface area contributed by atoms with Crippen LogP contribution in [0.25, 0.3) is 0 Å². The Bertz CT molecular complexity index is 629. The molecular weight excluding hydrogens is 286 g/mol. The second kappa shape index (κ2) is 6.15. The largest absolute Gasteiger partial charge is 0.481 e. The number of aliphatic carboxylic acids is 1. The number of nitrogens with two attached hydrogens (primary N) is 1. The van der Waals surface area contributed by atoms with Crippen molar-refractivity contribution in [2.45, 2.75) is 31.7 Å². The van der Waals surface area contributed by atoms with Gasteiger partial charge in [-0.1, -0.05) is 6.07 Å². The molecule has 5 N–H and O–H groups in total. The SMILES string of the molecule is CC1(CC(=O)O)Nc2cc(NC(=O)CN)ccc2CCC1=O. The first-order valence-corrected chi connectivity index (χ1v) is 7.00. The van der Waals surface area contributed by atoms with Crippen molar-refractivity contribution < 1.29 is 19.5 Å². The van der Waals surface area contributed by atoms with E-state index in [1.807, 2.05) is 6.07 Å². The summed E-state index contributed by atoms with van der Waals surface area (Å²) < 4.78 is 0. The number of benzene rings is 1. The summed E-state index contributed by atoms with van der Waals surface area (Å²) >= 11 is 0. The van der Waals surface area contributed by atoms with Crippen molar-refractivity contribution >= 4 is 29.0 Å². The summed E-state index contributed by atoms with van der Waals surface area (Å²) in [6, 6.07) is 5.24. The van der Waals surface area contributed by atoms with Crippen LogP contribution >= 0.6 is 0 Å². The second-order valence-electron chi connectivity index (χ2n) is 5.58. The van der Waals surface area contributed by atoms with Gasteiger partial charge < -0.3 is 21.5 Å². The van der Waals surface area contributed by atoms with Crippen LogP contribution in [0.2, 0.25) is 0 Å². The Hall–Kier alpha value is -2.41. The Labute approximate surface area is 127 Å². The third kappa shape index (κ3) is 3.43. The van der Waals surface area contributed by atoms with Gasteiger partial charge in [0.2, 0.25) is 5.91 Å². The van der Waals surface area contributed by atoms with Gasteiger partial charge in [0.15, 0.2) is 5.78 Å². The van der Waals surface area contributed by atoms with Gasteiger partial charge >= 0.3 is 5.97 Å². The van der Waals surface area contributed by atoms with Crippen molar-refractivity contribution in [3.8, 4) is 0 Å². The molecule has 1 unspecified atom stereocenters. The number of ketones is 1. The van der Waals surface area contributed by atoms with Crippen LogP contribution in [0.3, 0.4) is 0 Å². The van der Waals surface area contributed by atoms with Gasteiger partial charge in [0.05, 0.1) is 13.0 Å². The topological polar surface area (TPSA) is 122 Å². The van der Waals surface area contributed by atoms with E-state index in [0.29, 0.717) is 17.8 Å². The number of nitrogens with one attached hydrogen (secondary N) is 2. The Morgan fingerprint density at radius 1 is 1.41 bits per heavy atom. The Morgan fingerprint density at radius 3 is 2.77 bits per heavy atom. The first-order valence-electron chi connectivity index (χ1n) is 7.00. The summed E-state index contributed by atoms with van der Waals surface area (Å²) in [6.07, 6.45) is 0.504. The molecule has 1 aromatic carbocycles. The zero-order valence-electron chi connectivity index (χ0n) is 12.3. The third-order valence-corrected chi connectivity index (χ3v) is 3.73. The molecule has 7 nitrogen and oxygen atoms in total. The first-order chi connectivity index (χ1) is 10.3. The number of carbonyl (C=O) groups is 3. The number of anilines is 2. The minimum atomic E-state index is -1.16. The Morgan fingerprint density at radius 2 is 2.14 bits per heavy atom. The highest BCUT2D eigenvalue weighted by Crippen LogP contribution is 2.31. The van der Waals surface area contributed by atoms with Crippen molar-refractivity contribution in [1.82, 2.24) is 0 Å². The van der Waals surface area contributed by atoms with E-state index < -0.39 is 11.5 Å². The molecule has 0 radical (unpaired) electrons. The van der Waals surface area contributed by atoms with Crippen LogP contribution in [-0.2, 0) is 20.8 Å². The Balaban J connectivity index is 2.32. The van der Waals surface area contributed by atoms with Gasteiger partial charge in [-0.25, -0.2) is 0 Å². The number of hydrogen-bond donors (Lipinski definition) is 4. The summed E-state index contributed by atoms with van der Waals surface area (Å²) in [6.45, 7) is 1.46. The van der Waals surface area contributed by atoms with Crippen LogP contribution in [0.15, 0.2) is 18.2 Å². The molecule has 1 amide bonds. The molecule has 0 saturated carbocycles. The molecule has 0 aliphatic carbocycles. The fourth-order valence-electron chi connectivity index (χ4n) is 2.54. The number of rotatable bonds is 4.